The molecular weight excluding hydrogens is 703 g/mol. The van der Waals surface area contributed by atoms with Crippen LogP contribution in [0.15, 0.2) is 200 Å². The molecule has 1 aromatic heterocycles. The normalized spacial score (nSPS) is 13.4. The number of benzene rings is 10. The Bertz CT molecular complexity index is 3460. The highest BCUT2D eigenvalue weighted by Crippen LogP contribution is 2.62. The molecule has 0 radical (unpaired) electrons. The van der Waals surface area contributed by atoms with Gasteiger partial charge in [-0.05, 0) is 107 Å². The highest BCUT2D eigenvalue weighted by atomic mass is 16.5. The van der Waals surface area contributed by atoms with Crippen molar-refractivity contribution in [3.8, 4) is 45.0 Å². The molecule has 1 spiro atoms. The van der Waals surface area contributed by atoms with E-state index in [9.17, 15) is 0 Å². The lowest BCUT2D eigenvalue weighted by Crippen LogP contribution is -2.32. The van der Waals surface area contributed by atoms with Crippen molar-refractivity contribution < 1.29 is 4.74 Å². The second kappa shape index (κ2) is 11.7. The number of para-hydroxylation sites is 3. The summed E-state index contributed by atoms with van der Waals surface area (Å²) in [7, 11) is 0. The van der Waals surface area contributed by atoms with E-state index in [2.05, 4.69) is 200 Å². The fourth-order valence-electron chi connectivity index (χ4n) is 10.4. The first kappa shape index (κ1) is 31.6. The Morgan fingerprint density at radius 1 is 0.310 bits per heavy atom. The standard InChI is InChI=1S/C56H33NO/c1-2-15-39-37(13-1)38-14-3-4-16-40(38)44-31-36(29-30-41(39)44)34-25-27-35(28-26-34)55-47-32-46-42-17-5-7-19-48(42)56(51(46)33-45(47)43-18-6-10-22-52(43)57-55)49-20-8-11-23-53(49)58-54-24-12-9-21-50(54)56/h1-33H. The third-order valence-electron chi connectivity index (χ3n) is 12.9. The van der Waals surface area contributed by atoms with Crippen molar-refractivity contribution in [3.05, 3.63) is 222 Å². The van der Waals surface area contributed by atoms with Crippen LogP contribution in [0.2, 0.25) is 0 Å². The molecule has 11 aromatic rings. The molecule has 0 bridgehead atoms. The number of pyridine rings is 1. The fourth-order valence-corrected chi connectivity index (χ4v) is 10.4. The Morgan fingerprint density at radius 3 is 1.50 bits per heavy atom. The van der Waals surface area contributed by atoms with Crippen molar-refractivity contribution in [3.63, 3.8) is 0 Å². The summed E-state index contributed by atoms with van der Waals surface area (Å²) in [5, 5.41) is 11.2. The predicted octanol–water partition coefficient (Wildman–Crippen LogP) is 14.7. The smallest absolute Gasteiger partial charge is 0.132 e. The molecule has 2 nitrogen and oxygen atoms in total. The molecule has 0 fully saturated rings. The molecule has 0 amide bonds. The summed E-state index contributed by atoms with van der Waals surface area (Å²) in [6.07, 6.45) is 0. The topological polar surface area (TPSA) is 22.1 Å². The molecule has 0 atom stereocenters. The molecule has 2 aliphatic rings. The van der Waals surface area contributed by atoms with Crippen molar-refractivity contribution in [2.45, 2.75) is 5.41 Å². The third-order valence-corrected chi connectivity index (χ3v) is 12.9. The van der Waals surface area contributed by atoms with E-state index in [0.29, 0.717) is 0 Å². The molecule has 1 aliphatic carbocycles. The van der Waals surface area contributed by atoms with Gasteiger partial charge in [0.2, 0.25) is 0 Å². The van der Waals surface area contributed by atoms with Crippen LogP contribution in [0, 0.1) is 0 Å². The van der Waals surface area contributed by atoms with Gasteiger partial charge in [-0.25, -0.2) is 4.98 Å². The van der Waals surface area contributed by atoms with Gasteiger partial charge in [0, 0.05) is 27.5 Å². The summed E-state index contributed by atoms with van der Waals surface area (Å²) in [5.74, 6) is 1.80. The van der Waals surface area contributed by atoms with E-state index in [1.165, 1.54) is 82.2 Å². The van der Waals surface area contributed by atoms with Crippen molar-refractivity contribution in [2.75, 3.05) is 0 Å². The number of hydrogen-bond donors (Lipinski definition) is 0. The molecule has 2 heterocycles. The van der Waals surface area contributed by atoms with E-state index in [0.717, 1.165) is 39.0 Å². The Kier molecular flexibility index (Phi) is 6.40. The minimum Gasteiger partial charge on any atom is -0.457 e. The predicted molar refractivity (Wildman–Crippen MR) is 240 cm³/mol. The van der Waals surface area contributed by atoms with Gasteiger partial charge in [-0.1, -0.05) is 164 Å². The maximum atomic E-state index is 6.62. The Balaban J connectivity index is 1.02. The summed E-state index contributed by atoms with van der Waals surface area (Å²) in [6, 6.07) is 73.1. The molecule has 0 unspecified atom stereocenters. The van der Waals surface area contributed by atoms with Crippen LogP contribution in [0.25, 0.3) is 87.5 Å². The molecule has 10 aromatic carbocycles. The van der Waals surface area contributed by atoms with Crippen LogP contribution in [0.1, 0.15) is 22.3 Å². The van der Waals surface area contributed by atoms with E-state index in [1.54, 1.807) is 0 Å². The summed E-state index contributed by atoms with van der Waals surface area (Å²) in [5.41, 5.74) is 12.3. The SMILES string of the molecule is c1ccc2c(c1)Oc1ccccc1C21c2ccccc2-c2cc3c(-c4ccc(-c5ccc6c7ccccc7c7ccccc7c6c5)cc4)nc4ccccc4c3cc21. The van der Waals surface area contributed by atoms with Crippen LogP contribution in [-0.4, -0.2) is 4.98 Å². The first-order chi connectivity index (χ1) is 28.8. The average molecular weight is 736 g/mol. The van der Waals surface area contributed by atoms with Gasteiger partial charge in [0.1, 0.15) is 11.5 Å². The zero-order valence-corrected chi connectivity index (χ0v) is 31.4. The van der Waals surface area contributed by atoms with Crippen LogP contribution >= 0.6 is 0 Å². The fraction of sp³-hybridized carbons (Fsp3) is 0.0179. The van der Waals surface area contributed by atoms with Crippen LogP contribution in [0.3, 0.4) is 0 Å². The zero-order chi connectivity index (χ0) is 38.0. The lowest BCUT2D eigenvalue weighted by Gasteiger charge is -2.39. The average Bonchev–Trinajstić information content (AvgIpc) is 3.57. The van der Waals surface area contributed by atoms with Gasteiger partial charge in [0.05, 0.1) is 16.6 Å². The quantitative estimate of drug-likeness (QED) is 0.165. The lowest BCUT2D eigenvalue weighted by atomic mass is 9.66. The largest absolute Gasteiger partial charge is 0.457 e. The van der Waals surface area contributed by atoms with Crippen molar-refractivity contribution in [1.29, 1.82) is 0 Å². The summed E-state index contributed by atoms with van der Waals surface area (Å²) >= 11 is 0. The van der Waals surface area contributed by atoms with E-state index in [-0.39, 0.29) is 0 Å². The molecule has 0 N–H and O–H groups in total. The van der Waals surface area contributed by atoms with Gasteiger partial charge in [-0.2, -0.15) is 0 Å². The van der Waals surface area contributed by atoms with Gasteiger partial charge in [0.25, 0.3) is 0 Å². The van der Waals surface area contributed by atoms with Crippen molar-refractivity contribution >= 4 is 54.0 Å². The van der Waals surface area contributed by atoms with Crippen LogP contribution < -0.4 is 4.74 Å². The number of aromatic nitrogens is 1. The van der Waals surface area contributed by atoms with Gasteiger partial charge in [0.15, 0.2) is 0 Å². The van der Waals surface area contributed by atoms with Gasteiger partial charge in [-0.3, -0.25) is 0 Å². The molecule has 268 valence electrons. The summed E-state index contributed by atoms with van der Waals surface area (Å²) in [6.45, 7) is 0. The molecule has 0 saturated carbocycles. The van der Waals surface area contributed by atoms with Gasteiger partial charge < -0.3 is 4.74 Å². The van der Waals surface area contributed by atoms with E-state index < -0.39 is 5.41 Å². The van der Waals surface area contributed by atoms with Gasteiger partial charge in [-0.15, -0.1) is 0 Å². The molecule has 2 heteroatoms. The van der Waals surface area contributed by atoms with E-state index in [1.807, 2.05) is 0 Å². The molecule has 58 heavy (non-hydrogen) atoms. The lowest BCUT2D eigenvalue weighted by molar-refractivity contribution is 0.436. The highest BCUT2D eigenvalue weighted by molar-refractivity contribution is 6.25. The molecule has 13 rings (SSSR count). The molecular formula is C56H33NO. The number of rotatable bonds is 2. The first-order valence-corrected chi connectivity index (χ1v) is 20.0. The first-order valence-electron chi connectivity index (χ1n) is 20.0. The maximum Gasteiger partial charge on any atom is 0.132 e. The van der Waals surface area contributed by atoms with Crippen LogP contribution in [0.5, 0.6) is 11.5 Å². The Morgan fingerprint density at radius 2 is 0.810 bits per heavy atom. The number of fused-ring (bicyclic) bond motifs is 18. The second-order valence-electron chi connectivity index (χ2n) is 15.7. The molecule has 0 saturated heterocycles. The summed E-state index contributed by atoms with van der Waals surface area (Å²) in [4.78, 5) is 5.42. The third kappa shape index (κ3) is 4.18. The summed E-state index contributed by atoms with van der Waals surface area (Å²) < 4.78 is 6.62. The zero-order valence-electron chi connectivity index (χ0n) is 31.4. The minimum atomic E-state index is -0.533. The van der Waals surface area contributed by atoms with Gasteiger partial charge >= 0.3 is 0 Å². The number of ether oxygens (including phenoxy) is 1. The highest BCUT2D eigenvalue weighted by Gasteiger charge is 2.51. The van der Waals surface area contributed by atoms with E-state index >= 15 is 0 Å². The molecule has 1 aliphatic heterocycles. The van der Waals surface area contributed by atoms with Crippen molar-refractivity contribution in [2.24, 2.45) is 0 Å². The van der Waals surface area contributed by atoms with Crippen LogP contribution in [-0.2, 0) is 5.41 Å². The minimum absolute atomic E-state index is 0.533. The monoisotopic (exact) mass is 735 g/mol. The number of nitrogens with zero attached hydrogens (tertiary/aromatic N) is 1. The second-order valence-corrected chi connectivity index (χ2v) is 15.7. The Hall–Kier alpha value is -7.55. The number of hydrogen-bond acceptors (Lipinski definition) is 2. The van der Waals surface area contributed by atoms with E-state index in [4.69, 9.17) is 9.72 Å². The van der Waals surface area contributed by atoms with Crippen molar-refractivity contribution in [1.82, 2.24) is 4.98 Å². The Labute approximate surface area is 335 Å². The van der Waals surface area contributed by atoms with Crippen LogP contribution in [0.4, 0.5) is 0 Å². The maximum absolute atomic E-state index is 6.62.